The number of nitrogen functional groups attached to an aromatic ring is 2. The summed E-state index contributed by atoms with van der Waals surface area (Å²) < 4.78 is 5.36. The molecule has 0 aromatic heterocycles. The normalized spacial score (nSPS) is 8.36. The molecule has 82 valence electrons. The molecular weight excluding hydrogens is 223 g/mol. The molecule has 4 N–H and O–H groups in total. The van der Waals surface area contributed by atoms with Gasteiger partial charge in [0.2, 0.25) is 0 Å². The third-order valence-electron chi connectivity index (χ3n) is 1.50. The van der Waals surface area contributed by atoms with E-state index >= 15 is 0 Å². The van der Waals surface area contributed by atoms with Crippen LogP contribution in [-0.2, 0) is 0 Å². The summed E-state index contributed by atoms with van der Waals surface area (Å²) in [6, 6.07) is 5.27. The van der Waals surface area contributed by atoms with E-state index in [4.69, 9.17) is 16.2 Å². The molecule has 1 aromatic carbocycles. The van der Waals surface area contributed by atoms with Crippen LogP contribution in [0.15, 0.2) is 18.2 Å². The van der Waals surface area contributed by atoms with Crippen molar-refractivity contribution in [2.24, 2.45) is 0 Å². The first-order valence-corrected chi connectivity index (χ1v) is 4.02. The summed E-state index contributed by atoms with van der Waals surface area (Å²) in [5.41, 5.74) is 12.4. The zero-order valence-corrected chi connectivity index (χ0v) is 9.66. The number of anilines is 2. The molecule has 0 amide bonds. The van der Waals surface area contributed by atoms with Crippen molar-refractivity contribution in [1.82, 2.24) is 0 Å². The van der Waals surface area contributed by atoms with E-state index in [0.29, 0.717) is 23.7 Å². The minimum Gasteiger partial charge on any atom is -0.491 e. The van der Waals surface area contributed by atoms with Crippen LogP contribution in [0.3, 0.4) is 0 Å². The predicted molar refractivity (Wildman–Crippen MR) is 65.5 cm³/mol. The number of nitrogens with two attached hydrogens (primary N) is 2. The fourth-order valence-corrected chi connectivity index (χ4v) is 0.910. The van der Waals surface area contributed by atoms with Crippen LogP contribution in [0.4, 0.5) is 11.4 Å². The van der Waals surface area contributed by atoms with Gasteiger partial charge < -0.3 is 16.2 Å². The monoisotopic (exact) mass is 238 g/mol. The Kier molecular flexibility index (Phi) is 8.49. The number of halogens is 2. The predicted octanol–water partition coefficient (Wildman–Crippen LogP) is 2.48. The SMILES string of the molecule is CCCOc1ccc(N)cc1N.Cl.Cl. The van der Waals surface area contributed by atoms with Crippen LogP contribution in [0.1, 0.15) is 13.3 Å². The van der Waals surface area contributed by atoms with Crippen LogP contribution in [0.2, 0.25) is 0 Å². The molecule has 1 rings (SSSR count). The van der Waals surface area contributed by atoms with Crippen LogP contribution in [0.25, 0.3) is 0 Å². The number of benzene rings is 1. The van der Waals surface area contributed by atoms with Gasteiger partial charge in [-0.05, 0) is 24.6 Å². The van der Waals surface area contributed by atoms with Gasteiger partial charge in [0.1, 0.15) is 5.75 Å². The summed E-state index contributed by atoms with van der Waals surface area (Å²) in [5, 5.41) is 0. The van der Waals surface area contributed by atoms with Crippen LogP contribution in [0.5, 0.6) is 5.75 Å². The Hall–Kier alpha value is -0.800. The van der Waals surface area contributed by atoms with Gasteiger partial charge in [-0.1, -0.05) is 6.92 Å². The number of rotatable bonds is 3. The van der Waals surface area contributed by atoms with E-state index in [1.807, 2.05) is 6.92 Å². The van der Waals surface area contributed by atoms with E-state index in [9.17, 15) is 0 Å². The van der Waals surface area contributed by atoms with Gasteiger partial charge in [-0.15, -0.1) is 24.8 Å². The minimum atomic E-state index is 0. The van der Waals surface area contributed by atoms with Crippen LogP contribution in [0, 0.1) is 0 Å². The third kappa shape index (κ3) is 4.44. The highest BCUT2D eigenvalue weighted by atomic mass is 35.5. The van der Waals surface area contributed by atoms with Gasteiger partial charge in [0.25, 0.3) is 0 Å². The van der Waals surface area contributed by atoms with Gasteiger partial charge >= 0.3 is 0 Å². The molecule has 0 atom stereocenters. The smallest absolute Gasteiger partial charge is 0.142 e. The molecule has 0 radical (unpaired) electrons. The van der Waals surface area contributed by atoms with Crippen molar-refractivity contribution < 1.29 is 4.74 Å². The van der Waals surface area contributed by atoms with Crippen molar-refractivity contribution in [2.45, 2.75) is 13.3 Å². The van der Waals surface area contributed by atoms with Crippen molar-refractivity contribution in [3.63, 3.8) is 0 Å². The molecule has 3 nitrogen and oxygen atoms in total. The minimum absolute atomic E-state index is 0. The second-order valence-corrected chi connectivity index (χ2v) is 2.65. The van der Waals surface area contributed by atoms with Crippen molar-refractivity contribution in [3.05, 3.63) is 18.2 Å². The molecule has 0 saturated carbocycles. The average Bonchev–Trinajstić information content (AvgIpc) is 2.03. The fourth-order valence-electron chi connectivity index (χ4n) is 0.910. The van der Waals surface area contributed by atoms with Gasteiger partial charge in [0, 0.05) is 5.69 Å². The molecule has 0 fully saturated rings. The lowest BCUT2D eigenvalue weighted by atomic mass is 10.2. The molecule has 0 aliphatic carbocycles. The largest absolute Gasteiger partial charge is 0.491 e. The quantitative estimate of drug-likeness (QED) is 0.796. The van der Waals surface area contributed by atoms with E-state index in [-0.39, 0.29) is 24.8 Å². The summed E-state index contributed by atoms with van der Waals surface area (Å²) in [5.74, 6) is 0.714. The lowest BCUT2D eigenvalue weighted by molar-refractivity contribution is 0.319. The first-order chi connectivity index (χ1) is 5.74. The molecule has 0 aliphatic heterocycles. The Labute approximate surface area is 96.6 Å². The average molecular weight is 239 g/mol. The van der Waals surface area contributed by atoms with Gasteiger partial charge in [-0.25, -0.2) is 0 Å². The van der Waals surface area contributed by atoms with Gasteiger partial charge in [0.05, 0.1) is 12.3 Å². The molecule has 0 unspecified atom stereocenters. The summed E-state index contributed by atoms with van der Waals surface area (Å²) in [7, 11) is 0. The first-order valence-electron chi connectivity index (χ1n) is 4.02. The molecule has 0 heterocycles. The Morgan fingerprint density at radius 2 is 1.86 bits per heavy atom. The second-order valence-electron chi connectivity index (χ2n) is 2.65. The van der Waals surface area contributed by atoms with E-state index in [2.05, 4.69) is 0 Å². The van der Waals surface area contributed by atoms with E-state index in [0.717, 1.165) is 6.42 Å². The maximum Gasteiger partial charge on any atom is 0.142 e. The third-order valence-corrected chi connectivity index (χ3v) is 1.50. The van der Waals surface area contributed by atoms with Crippen LogP contribution >= 0.6 is 24.8 Å². The second kappa shape index (κ2) is 7.59. The van der Waals surface area contributed by atoms with Crippen molar-refractivity contribution in [1.29, 1.82) is 0 Å². The lowest BCUT2D eigenvalue weighted by Crippen LogP contribution is -1.99. The molecule has 0 saturated heterocycles. The number of hydrogen-bond donors (Lipinski definition) is 2. The molecule has 14 heavy (non-hydrogen) atoms. The zero-order chi connectivity index (χ0) is 8.97. The molecule has 5 heteroatoms. The molecule has 1 aromatic rings. The molecule has 0 aliphatic rings. The van der Waals surface area contributed by atoms with Crippen molar-refractivity contribution in [2.75, 3.05) is 18.1 Å². The van der Waals surface area contributed by atoms with Gasteiger partial charge in [-0.2, -0.15) is 0 Å². The number of hydrogen-bond acceptors (Lipinski definition) is 3. The highest BCUT2D eigenvalue weighted by Crippen LogP contribution is 2.23. The van der Waals surface area contributed by atoms with E-state index in [1.54, 1.807) is 18.2 Å². The summed E-state index contributed by atoms with van der Waals surface area (Å²) in [6.07, 6.45) is 0.976. The molecule has 0 bridgehead atoms. The topological polar surface area (TPSA) is 61.3 Å². The van der Waals surface area contributed by atoms with Crippen molar-refractivity contribution >= 4 is 36.2 Å². The standard InChI is InChI=1S/C9H14N2O.2ClH/c1-2-5-12-9-4-3-7(10)6-8(9)11;;/h3-4,6H,2,5,10-11H2,1H3;2*1H. The fraction of sp³-hybridized carbons (Fsp3) is 0.333. The number of ether oxygens (including phenoxy) is 1. The summed E-state index contributed by atoms with van der Waals surface area (Å²) in [4.78, 5) is 0. The summed E-state index contributed by atoms with van der Waals surface area (Å²) in [6.45, 7) is 2.74. The first kappa shape index (κ1) is 15.7. The van der Waals surface area contributed by atoms with E-state index in [1.165, 1.54) is 0 Å². The van der Waals surface area contributed by atoms with Crippen LogP contribution < -0.4 is 16.2 Å². The highest BCUT2D eigenvalue weighted by Gasteiger charge is 1.98. The van der Waals surface area contributed by atoms with Gasteiger partial charge in [-0.3, -0.25) is 0 Å². The van der Waals surface area contributed by atoms with Crippen molar-refractivity contribution in [3.8, 4) is 5.75 Å². The zero-order valence-electron chi connectivity index (χ0n) is 8.03. The Morgan fingerprint density at radius 3 is 2.36 bits per heavy atom. The summed E-state index contributed by atoms with van der Waals surface area (Å²) >= 11 is 0. The Balaban J connectivity index is 0. The molecule has 0 spiro atoms. The maximum absolute atomic E-state index is 5.66. The van der Waals surface area contributed by atoms with Gasteiger partial charge in [0.15, 0.2) is 0 Å². The van der Waals surface area contributed by atoms with E-state index < -0.39 is 0 Å². The Morgan fingerprint density at radius 1 is 1.21 bits per heavy atom. The lowest BCUT2D eigenvalue weighted by Gasteiger charge is -2.07. The highest BCUT2D eigenvalue weighted by molar-refractivity contribution is 5.85. The maximum atomic E-state index is 5.66. The van der Waals surface area contributed by atoms with Crippen LogP contribution in [-0.4, -0.2) is 6.61 Å². The Bertz CT molecular complexity index is 269. The molecular formula is C9H16Cl2N2O.